The fourth-order valence-corrected chi connectivity index (χ4v) is 4.45. The molecule has 7 heteroatoms. The Hall–Kier alpha value is -2.21. The van der Waals surface area contributed by atoms with E-state index in [0.717, 1.165) is 49.5 Å². The van der Waals surface area contributed by atoms with Gasteiger partial charge in [0.1, 0.15) is 11.9 Å². The third-order valence-corrected chi connectivity index (χ3v) is 6.03. The van der Waals surface area contributed by atoms with Crippen molar-refractivity contribution in [3.05, 3.63) is 39.7 Å². The molecule has 148 valence electrons. The zero-order valence-corrected chi connectivity index (χ0v) is 16.2. The molecule has 0 radical (unpaired) electrons. The lowest BCUT2D eigenvalue weighted by molar-refractivity contribution is -0.147. The second-order valence-corrected chi connectivity index (χ2v) is 7.99. The summed E-state index contributed by atoms with van der Waals surface area (Å²) in [5.74, 6) is -2.15. The van der Waals surface area contributed by atoms with Crippen LogP contribution in [-0.2, 0) is 25.5 Å². The SMILES string of the molecule is O=C(Cc1cc(N2C(=O)C3=C(CCCC3)C2=O)c(F)cc1Cl)OC1CCCC1. The van der Waals surface area contributed by atoms with E-state index >= 15 is 0 Å². The minimum Gasteiger partial charge on any atom is -0.462 e. The zero-order valence-electron chi connectivity index (χ0n) is 15.4. The van der Waals surface area contributed by atoms with E-state index in [4.69, 9.17) is 16.3 Å². The van der Waals surface area contributed by atoms with Crippen LogP contribution in [0.15, 0.2) is 23.3 Å². The minimum absolute atomic E-state index is 0.0708. The van der Waals surface area contributed by atoms with Gasteiger partial charge in [0.15, 0.2) is 0 Å². The van der Waals surface area contributed by atoms with Crippen molar-refractivity contribution in [3.8, 4) is 0 Å². The van der Waals surface area contributed by atoms with Crippen molar-refractivity contribution in [1.29, 1.82) is 0 Å². The van der Waals surface area contributed by atoms with Crippen molar-refractivity contribution in [2.24, 2.45) is 0 Å². The Kier molecular flexibility index (Phi) is 5.23. The second kappa shape index (κ2) is 7.66. The average Bonchev–Trinajstić information content (AvgIpc) is 3.25. The Bertz CT molecular complexity index is 861. The Morgan fingerprint density at radius 1 is 1.07 bits per heavy atom. The number of nitrogens with zero attached hydrogens (tertiary/aromatic N) is 1. The number of imide groups is 1. The molecule has 0 aromatic heterocycles. The Morgan fingerprint density at radius 3 is 2.29 bits per heavy atom. The van der Waals surface area contributed by atoms with Crippen LogP contribution in [0.1, 0.15) is 56.9 Å². The third-order valence-electron chi connectivity index (χ3n) is 5.68. The van der Waals surface area contributed by atoms with Crippen molar-refractivity contribution in [3.63, 3.8) is 0 Å². The molecule has 0 saturated heterocycles. The number of hydrogen-bond acceptors (Lipinski definition) is 4. The van der Waals surface area contributed by atoms with Crippen LogP contribution in [0.3, 0.4) is 0 Å². The Labute approximate surface area is 167 Å². The number of rotatable bonds is 4. The lowest BCUT2D eigenvalue weighted by atomic mass is 9.93. The summed E-state index contributed by atoms with van der Waals surface area (Å²) in [6.45, 7) is 0. The molecule has 1 aliphatic heterocycles. The van der Waals surface area contributed by atoms with Gasteiger partial charge < -0.3 is 4.74 Å². The molecule has 1 aromatic carbocycles. The third kappa shape index (κ3) is 3.46. The highest BCUT2D eigenvalue weighted by molar-refractivity contribution is 6.34. The molecule has 2 amide bonds. The quantitative estimate of drug-likeness (QED) is 0.555. The highest BCUT2D eigenvalue weighted by Crippen LogP contribution is 2.38. The first-order valence-corrected chi connectivity index (χ1v) is 10.1. The standard InChI is InChI=1S/C21H21ClFNO4/c22-16-11-17(23)18(9-12(16)10-19(25)28-13-5-1-2-6-13)24-20(26)14-7-3-4-8-15(14)21(24)27/h9,11,13H,1-8,10H2. The Balaban J connectivity index is 1.58. The number of ether oxygens (including phenoxy) is 1. The highest BCUT2D eigenvalue weighted by Gasteiger charge is 2.41. The predicted octanol–water partition coefficient (Wildman–Crippen LogP) is 4.25. The normalized spacial score (nSPS) is 20.1. The number of halogens is 2. The van der Waals surface area contributed by atoms with Gasteiger partial charge in [0.05, 0.1) is 12.1 Å². The first-order chi connectivity index (χ1) is 13.5. The van der Waals surface area contributed by atoms with E-state index in [1.54, 1.807) is 0 Å². The summed E-state index contributed by atoms with van der Waals surface area (Å²) >= 11 is 6.12. The molecule has 3 aliphatic rings. The highest BCUT2D eigenvalue weighted by atomic mass is 35.5. The topological polar surface area (TPSA) is 63.7 Å². The summed E-state index contributed by atoms with van der Waals surface area (Å²) in [7, 11) is 0. The number of hydrogen-bond donors (Lipinski definition) is 0. The lowest BCUT2D eigenvalue weighted by Gasteiger charge is -2.18. The Morgan fingerprint density at radius 2 is 1.68 bits per heavy atom. The van der Waals surface area contributed by atoms with Gasteiger partial charge >= 0.3 is 5.97 Å². The van der Waals surface area contributed by atoms with E-state index < -0.39 is 23.6 Å². The minimum atomic E-state index is -0.764. The van der Waals surface area contributed by atoms with Gasteiger partial charge in [0, 0.05) is 16.2 Å². The smallest absolute Gasteiger partial charge is 0.310 e. The average molecular weight is 406 g/mol. The first-order valence-electron chi connectivity index (χ1n) is 9.74. The molecular formula is C21H21ClFNO4. The molecule has 1 heterocycles. The molecule has 1 aromatic rings. The van der Waals surface area contributed by atoms with E-state index in [2.05, 4.69) is 0 Å². The van der Waals surface area contributed by atoms with E-state index in [0.29, 0.717) is 29.6 Å². The fraction of sp³-hybridized carbons (Fsp3) is 0.476. The fourth-order valence-electron chi connectivity index (χ4n) is 4.24. The van der Waals surface area contributed by atoms with E-state index in [9.17, 15) is 18.8 Å². The number of amides is 2. The van der Waals surface area contributed by atoms with Gasteiger partial charge in [-0.25, -0.2) is 9.29 Å². The van der Waals surface area contributed by atoms with E-state index in [-0.39, 0.29) is 23.2 Å². The summed E-state index contributed by atoms with van der Waals surface area (Å²) in [5.41, 5.74) is 1.14. The molecular weight excluding hydrogens is 385 g/mol. The van der Waals surface area contributed by atoms with Gasteiger partial charge in [-0.3, -0.25) is 14.4 Å². The van der Waals surface area contributed by atoms with Crippen LogP contribution in [0, 0.1) is 5.82 Å². The summed E-state index contributed by atoms with van der Waals surface area (Å²) in [5, 5.41) is 0.0708. The first kappa shape index (κ1) is 19.1. The van der Waals surface area contributed by atoms with Crippen LogP contribution in [-0.4, -0.2) is 23.9 Å². The van der Waals surface area contributed by atoms with Gasteiger partial charge in [-0.2, -0.15) is 0 Å². The van der Waals surface area contributed by atoms with Crippen LogP contribution in [0.4, 0.5) is 10.1 Å². The van der Waals surface area contributed by atoms with E-state index in [1.165, 1.54) is 6.07 Å². The van der Waals surface area contributed by atoms with Gasteiger partial charge in [0.2, 0.25) is 0 Å². The van der Waals surface area contributed by atoms with E-state index in [1.807, 2.05) is 0 Å². The summed E-state index contributed by atoms with van der Waals surface area (Å²) < 4.78 is 20.0. The van der Waals surface area contributed by atoms with Crippen LogP contribution >= 0.6 is 11.6 Å². The predicted molar refractivity (Wildman–Crippen MR) is 101 cm³/mol. The molecule has 0 N–H and O–H groups in total. The van der Waals surface area contributed by atoms with Crippen molar-refractivity contribution in [2.45, 2.75) is 63.9 Å². The molecule has 28 heavy (non-hydrogen) atoms. The van der Waals surface area contributed by atoms with Crippen molar-refractivity contribution in [2.75, 3.05) is 4.90 Å². The molecule has 4 rings (SSSR count). The molecule has 0 spiro atoms. The van der Waals surface area contributed by atoms with Crippen molar-refractivity contribution in [1.82, 2.24) is 0 Å². The van der Waals surface area contributed by atoms with Gasteiger partial charge in [-0.15, -0.1) is 0 Å². The van der Waals surface area contributed by atoms with Crippen molar-refractivity contribution < 1.29 is 23.5 Å². The van der Waals surface area contributed by atoms with Gasteiger partial charge in [-0.05, 0) is 69.1 Å². The molecule has 1 saturated carbocycles. The molecule has 0 unspecified atom stereocenters. The monoisotopic (exact) mass is 405 g/mol. The number of anilines is 1. The maximum absolute atomic E-state index is 14.6. The van der Waals surface area contributed by atoms with Crippen LogP contribution < -0.4 is 4.90 Å². The molecule has 0 atom stereocenters. The maximum atomic E-state index is 14.6. The maximum Gasteiger partial charge on any atom is 0.310 e. The van der Waals surface area contributed by atoms with Crippen molar-refractivity contribution >= 4 is 35.1 Å². The molecule has 0 bridgehead atoms. The summed E-state index contributed by atoms with van der Waals surface area (Å²) in [4.78, 5) is 38.5. The van der Waals surface area contributed by atoms with Gasteiger partial charge in [0.25, 0.3) is 11.8 Å². The van der Waals surface area contributed by atoms with Crippen LogP contribution in [0.5, 0.6) is 0 Å². The second-order valence-electron chi connectivity index (χ2n) is 7.58. The number of esters is 1. The molecule has 1 fully saturated rings. The number of carbonyl (C=O) groups excluding carboxylic acids is 3. The largest absolute Gasteiger partial charge is 0.462 e. The molecule has 5 nitrogen and oxygen atoms in total. The summed E-state index contributed by atoms with van der Waals surface area (Å²) in [6, 6.07) is 2.37. The zero-order chi connectivity index (χ0) is 19.8. The van der Waals surface area contributed by atoms with Crippen LogP contribution in [0.25, 0.3) is 0 Å². The summed E-state index contributed by atoms with van der Waals surface area (Å²) in [6.07, 6.45) is 6.31. The number of carbonyl (C=O) groups is 3. The van der Waals surface area contributed by atoms with Gasteiger partial charge in [-0.1, -0.05) is 11.6 Å². The lowest BCUT2D eigenvalue weighted by Crippen LogP contribution is -2.32. The van der Waals surface area contributed by atoms with Crippen LogP contribution in [0.2, 0.25) is 5.02 Å². The number of benzene rings is 1. The molecule has 2 aliphatic carbocycles.